The van der Waals surface area contributed by atoms with Crippen molar-refractivity contribution in [3.8, 4) is 0 Å². The van der Waals surface area contributed by atoms with Gasteiger partial charge in [0.05, 0.1) is 22.7 Å². The van der Waals surface area contributed by atoms with Crippen molar-refractivity contribution in [2.75, 3.05) is 17.7 Å². The van der Waals surface area contributed by atoms with Crippen molar-refractivity contribution in [2.24, 2.45) is 0 Å². The molecule has 0 saturated carbocycles. The van der Waals surface area contributed by atoms with Crippen LogP contribution in [0.15, 0.2) is 12.1 Å². The number of anilines is 1. The summed E-state index contributed by atoms with van der Waals surface area (Å²) >= 11 is 10.9. The smallest absolute Gasteiger partial charge is 0.146 e. The van der Waals surface area contributed by atoms with Gasteiger partial charge < -0.3 is 10.4 Å². The summed E-state index contributed by atoms with van der Waals surface area (Å²) in [5.41, 5.74) is 0.0957. The third-order valence-corrected chi connectivity index (χ3v) is 2.44. The van der Waals surface area contributed by atoms with E-state index in [1.807, 2.05) is 0 Å². The maximum Gasteiger partial charge on any atom is 0.146 e. The fourth-order valence-corrected chi connectivity index (χ4v) is 1.25. The molecule has 0 amide bonds. The number of aliphatic hydroxyl groups excluding tert-OH is 1. The number of nitrogens with one attached hydrogen (secondary N) is 1. The lowest BCUT2D eigenvalue weighted by molar-refractivity contribution is 0.211. The zero-order valence-corrected chi connectivity index (χ0v) is 9.12. The molecule has 0 bridgehead atoms. The Bertz CT molecular complexity index is 349. The van der Waals surface area contributed by atoms with Crippen molar-refractivity contribution in [3.05, 3.63) is 28.8 Å². The van der Waals surface area contributed by atoms with Crippen LogP contribution in [-0.4, -0.2) is 23.6 Å². The maximum absolute atomic E-state index is 12.9. The third-order valence-electron chi connectivity index (χ3n) is 1.70. The number of benzene rings is 1. The minimum atomic E-state index is -0.848. The summed E-state index contributed by atoms with van der Waals surface area (Å²) in [6.45, 7) is 0.0755. The van der Waals surface area contributed by atoms with E-state index in [0.29, 0.717) is 6.07 Å². The molecule has 0 aromatic heterocycles. The van der Waals surface area contributed by atoms with Crippen LogP contribution in [0.2, 0.25) is 5.02 Å². The molecular weight excluding hydrogens is 247 g/mol. The Hall–Kier alpha value is -0.580. The second-order valence-electron chi connectivity index (χ2n) is 2.94. The highest BCUT2D eigenvalue weighted by Crippen LogP contribution is 2.26. The van der Waals surface area contributed by atoms with Crippen molar-refractivity contribution >= 4 is 28.9 Å². The first-order chi connectivity index (χ1) is 7.04. The maximum atomic E-state index is 12.9. The van der Waals surface area contributed by atoms with E-state index in [9.17, 15) is 8.78 Å². The molecule has 0 saturated heterocycles. The highest BCUT2D eigenvalue weighted by Gasteiger charge is 2.10. The normalized spacial score (nSPS) is 12.6. The number of hydrogen-bond donors (Lipinski definition) is 2. The van der Waals surface area contributed by atoms with E-state index in [0.717, 1.165) is 6.07 Å². The molecule has 0 aliphatic carbocycles. The lowest BCUT2D eigenvalue weighted by Crippen LogP contribution is -2.21. The van der Waals surface area contributed by atoms with Gasteiger partial charge in [-0.25, -0.2) is 8.78 Å². The van der Waals surface area contributed by atoms with E-state index < -0.39 is 17.7 Å². The van der Waals surface area contributed by atoms with E-state index in [-0.39, 0.29) is 23.1 Å². The quantitative estimate of drug-likeness (QED) is 0.641. The zero-order valence-electron chi connectivity index (χ0n) is 7.61. The molecule has 2 N–H and O–H groups in total. The first-order valence-corrected chi connectivity index (χ1v) is 5.08. The molecular formula is C9H9Cl2F2NO. The van der Waals surface area contributed by atoms with Crippen LogP contribution in [-0.2, 0) is 0 Å². The van der Waals surface area contributed by atoms with E-state index in [4.69, 9.17) is 28.3 Å². The molecule has 1 atom stereocenters. The van der Waals surface area contributed by atoms with Gasteiger partial charge >= 0.3 is 0 Å². The highest BCUT2D eigenvalue weighted by atomic mass is 35.5. The Kier molecular flexibility index (Phi) is 4.57. The van der Waals surface area contributed by atoms with E-state index >= 15 is 0 Å². The summed E-state index contributed by atoms with van der Waals surface area (Å²) in [6, 6.07) is 1.73. The third kappa shape index (κ3) is 3.48. The van der Waals surface area contributed by atoms with E-state index in [1.54, 1.807) is 0 Å². The SMILES string of the molecule is OC(CCl)CNc1cc(F)cc(F)c1Cl. The van der Waals surface area contributed by atoms with Crippen molar-refractivity contribution in [3.63, 3.8) is 0 Å². The summed E-state index contributed by atoms with van der Waals surface area (Å²) in [5.74, 6) is -1.55. The van der Waals surface area contributed by atoms with Crippen molar-refractivity contribution in [1.29, 1.82) is 0 Å². The lowest BCUT2D eigenvalue weighted by Gasteiger charge is -2.11. The first-order valence-electron chi connectivity index (χ1n) is 4.17. The summed E-state index contributed by atoms with van der Waals surface area (Å²) in [7, 11) is 0. The van der Waals surface area contributed by atoms with Crippen molar-refractivity contribution in [1.82, 2.24) is 0 Å². The summed E-state index contributed by atoms with van der Waals surface area (Å²) in [5, 5.41) is 11.5. The van der Waals surface area contributed by atoms with Crippen molar-refractivity contribution in [2.45, 2.75) is 6.10 Å². The number of halogens is 4. The Balaban J connectivity index is 2.76. The van der Waals surface area contributed by atoms with E-state index in [1.165, 1.54) is 0 Å². The molecule has 0 aliphatic rings. The first kappa shape index (κ1) is 12.5. The van der Waals surface area contributed by atoms with Gasteiger partial charge in [0.2, 0.25) is 0 Å². The van der Waals surface area contributed by atoms with Gasteiger partial charge in [0.15, 0.2) is 0 Å². The summed E-state index contributed by atoms with van der Waals surface area (Å²) in [4.78, 5) is 0. The van der Waals surface area contributed by atoms with E-state index in [2.05, 4.69) is 5.32 Å². The predicted molar refractivity (Wildman–Crippen MR) is 56.6 cm³/mol. The molecule has 0 spiro atoms. The van der Waals surface area contributed by atoms with Crippen LogP contribution >= 0.6 is 23.2 Å². The standard InChI is InChI=1S/C9H9Cl2F2NO/c10-3-6(15)4-14-8-2-5(12)1-7(13)9(8)11/h1-2,6,14-15H,3-4H2. The molecule has 1 aromatic rings. The average molecular weight is 256 g/mol. The average Bonchev–Trinajstić information content (AvgIpc) is 2.20. The molecule has 0 radical (unpaired) electrons. The number of rotatable bonds is 4. The molecule has 1 aromatic carbocycles. The molecule has 0 aliphatic heterocycles. The van der Waals surface area contributed by atoms with Crippen LogP contribution in [0.1, 0.15) is 0 Å². The minimum absolute atomic E-state index is 0.0302. The van der Waals surface area contributed by atoms with Gasteiger partial charge in [-0.15, -0.1) is 11.6 Å². The lowest BCUT2D eigenvalue weighted by atomic mass is 10.3. The predicted octanol–water partition coefficient (Wildman–Crippen LogP) is 2.63. The van der Waals surface area contributed by atoms with Crippen LogP contribution in [0.3, 0.4) is 0 Å². The number of hydrogen-bond acceptors (Lipinski definition) is 2. The van der Waals surface area contributed by atoms with Gasteiger partial charge in [0.25, 0.3) is 0 Å². The zero-order chi connectivity index (χ0) is 11.4. The highest BCUT2D eigenvalue weighted by molar-refractivity contribution is 6.33. The summed E-state index contributed by atoms with van der Waals surface area (Å²) < 4.78 is 25.7. The largest absolute Gasteiger partial charge is 0.390 e. The summed E-state index contributed by atoms with van der Waals surface area (Å²) in [6.07, 6.45) is -0.797. The Morgan fingerprint density at radius 2 is 2.07 bits per heavy atom. The van der Waals surface area contributed by atoms with Gasteiger partial charge in [-0.3, -0.25) is 0 Å². The Labute approximate surface area is 95.8 Å². The van der Waals surface area contributed by atoms with Gasteiger partial charge in [-0.1, -0.05) is 11.6 Å². The van der Waals surface area contributed by atoms with Gasteiger partial charge in [0.1, 0.15) is 11.6 Å². The topological polar surface area (TPSA) is 32.3 Å². The molecule has 84 valence electrons. The molecule has 15 heavy (non-hydrogen) atoms. The van der Waals surface area contributed by atoms with Crippen LogP contribution in [0.5, 0.6) is 0 Å². The molecule has 0 fully saturated rings. The monoisotopic (exact) mass is 255 g/mol. The molecule has 1 unspecified atom stereocenters. The number of alkyl halides is 1. The minimum Gasteiger partial charge on any atom is -0.390 e. The molecule has 0 heterocycles. The van der Waals surface area contributed by atoms with Crippen LogP contribution in [0.4, 0.5) is 14.5 Å². The van der Waals surface area contributed by atoms with Gasteiger partial charge in [-0.05, 0) is 6.07 Å². The van der Waals surface area contributed by atoms with Crippen molar-refractivity contribution < 1.29 is 13.9 Å². The van der Waals surface area contributed by atoms with Gasteiger partial charge in [-0.2, -0.15) is 0 Å². The van der Waals surface area contributed by atoms with Crippen LogP contribution in [0.25, 0.3) is 0 Å². The molecule has 2 nitrogen and oxygen atoms in total. The Morgan fingerprint density at radius 1 is 1.40 bits per heavy atom. The van der Waals surface area contributed by atoms with Crippen LogP contribution in [0, 0.1) is 11.6 Å². The molecule has 6 heteroatoms. The fraction of sp³-hybridized carbons (Fsp3) is 0.333. The second-order valence-corrected chi connectivity index (χ2v) is 3.62. The second kappa shape index (κ2) is 5.49. The number of aliphatic hydroxyl groups is 1. The Morgan fingerprint density at radius 3 is 2.67 bits per heavy atom. The molecule has 1 rings (SSSR count). The van der Waals surface area contributed by atoms with Gasteiger partial charge in [0, 0.05) is 12.6 Å². The fourth-order valence-electron chi connectivity index (χ4n) is 0.967. The van der Waals surface area contributed by atoms with Crippen LogP contribution < -0.4 is 5.32 Å².